The molecule has 0 saturated heterocycles. The molecule has 1 aromatic carbocycles. The molecule has 0 bridgehead atoms. The Hall–Kier alpha value is -2.54. The van der Waals surface area contributed by atoms with Gasteiger partial charge in [0.1, 0.15) is 0 Å². The topological polar surface area (TPSA) is 44.0 Å². The molecule has 0 spiro atoms. The summed E-state index contributed by atoms with van der Waals surface area (Å²) in [6.45, 7) is 2.10. The van der Waals surface area contributed by atoms with Crippen LogP contribution >= 0.6 is 0 Å². The summed E-state index contributed by atoms with van der Waals surface area (Å²) < 4.78 is 2.60. The van der Waals surface area contributed by atoms with Gasteiger partial charge in [0, 0.05) is 12.4 Å². The highest BCUT2D eigenvalue weighted by molar-refractivity contribution is 5.40. The van der Waals surface area contributed by atoms with Crippen LogP contribution in [0.2, 0.25) is 0 Å². The van der Waals surface area contributed by atoms with Crippen LogP contribution in [-0.2, 0) is 13.0 Å². The van der Waals surface area contributed by atoms with Crippen LogP contribution in [0.15, 0.2) is 46.2 Å². The van der Waals surface area contributed by atoms with Crippen LogP contribution in [0.4, 0.5) is 0 Å². The first kappa shape index (κ1) is 12.9. The maximum Gasteiger partial charge on any atom is 0.321 e. The molecule has 0 fully saturated rings. The van der Waals surface area contributed by atoms with Crippen molar-refractivity contribution in [2.75, 3.05) is 0 Å². The Labute approximate surface area is 110 Å². The number of aryl methyl sites for hydroxylation is 1. The first-order valence-electron chi connectivity index (χ1n) is 6.03. The fraction of sp³-hybridized carbons (Fsp3) is 0.200. The Balaban J connectivity index is 2.66. The van der Waals surface area contributed by atoms with E-state index in [1.165, 1.54) is 15.3 Å². The zero-order valence-electron chi connectivity index (χ0n) is 10.7. The predicted octanol–water partition coefficient (Wildman–Crippen LogP) is 1.19. The van der Waals surface area contributed by atoms with E-state index in [4.69, 9.17) is 6.42 Å². The van der Waals surface area contributed by atoms with Gasteiger partial charge in [-0.05, 0) is 18.1 Å². The van der Waals surface area contributed by atoms with E-state index in [0.717, 1.165) is 17.7 Å². The fourth-order valence-corrected chi connectivity index (χ4v) is 1.97. The minimum absolute atomic E-state index is 0.102. The highest BCUT2D eigenvalue weighted by atomic mass is 16.2. The monoisotopic (exact) mass is 254 g/mol. The van der Waals surface area contributed by atoms with E-state index < -0.39 is 11.1 Å². The molecule has 19 heavy (non-hydrogen) atoms. The molecule has 0 saturated carbocycles. The maximum atomic E-state index is 12.1. The van der Waals surface area contributed by atoms with Gasteiger partial charge in [0.15, 0.2) is 0 Å². The van der Waals surface area contributed by atoms with Crippen molar-refractivity contribution in [1.29, 1.82) is 0 Å². The van der Waals surface area contributed by atoms with Gasteiger partial charge >= 0.3 is 11.1 Å². The minimum Gasteiger partial charge on any atom is -0.298 e. The van der Waals surface area contributed by atoms with Gasteiger partial charge in [-0.15, -0.1) is 6.42 Å². The van der Waals surface area contributed by atoms with Crippen molar-refractivity contribution in [2.24, 2.45) is 0 Å². The summed E-state index contributed by atoms with van der Waals surface area (Å²) in [4.78, 5) is 24.0. The van der Waals surface area contributed by atoms with Crippen LogP contribution in [0.25, 0.3) is 5.69 Å². The lowest BCUT2D eigenvalue weighted by Crippen LogP contribution is -2.40. The molecule has 2 aromatic rings. The molecule has 0 aliphatic heterocycles. The minimum atomic E-state index is -0.605. The molecule has 2 rings (SSSR count). The van der Waals surface area contributed by atoms with E-state index in [2.05, 4.69) is 5.92 Å². The van der Waals surface area contributed by atoms with Crippen molar-refractivity contribution >= 4 is 0 Å². The molecule has 0 atom stereocenters. The van der Waals surface area contributed by atoms with Crippen molar-refractivity contribution in [3.63, 3.8) is 0 Å². The van der Waals surface area contributed by atoms with Crippen LogP contribution in [0.1, 0.15) is 12.5 Å². The zero-order chi connectivity index (χ0) is 13.8. The van der Waals surface area contributed by atoms with Gasteiger partial charge in [0.05, 0.1) is 12.2 Å². The number of hydrogen-bond acceptors (Lipinski definition) is 2. The predicted molar refractivity (Wildman–Crippen MR) is 74.5 cm³/mol. The van der Waals surface area contributed by atoms with Gasteiger partial charge in [0.2, 0.25) is 0 Å². The lowest BCUT2D eigenvalue weighted by Gasteiger charge is -2.11. The molecule has 0 aliphatic rings. The number of nitrogens with zero attached hydrogens (tertiary/aromatic N) is 2. The average Bonchev–Trinajstić information content (AvgIpc) is 2.44. The number of aromatic nitrogens is 2. The molecule has 4 nitrogen and oxygen atoms in total. The molecule has 0 radical (unpaired) electrons. The summed E-state index contributed by atoms with van der Waals surface area (Å²) in [5.41, 5.74) is 0.559. The molecule has 4 heteroatoms. The summed E-state index contributed by atoms with van der Waals surface area (Å²) >= 11 is 0. The Morgan fingerprint density at radius 3 is 2.58 bits per heavy atom. The number of terminal acetylenes is 1. The standard InChI is InChI=1S/C15H14N2O2/c1-3-9-16-10-11-17(15(19)14(16)18)13-8-6-5-7-12(13)4-2/h1,5-8,10-11H,4,9H2,2H3. The summed E-state index contributed by atoms with van der Waals surface area (Å²) in [5, 5.41) is 0. The second-order valence-electron chi connectivity index (χ2n) is 4.09. The zero-order valence-corrected chi connectivity index (χ0v) is 10.7. The van der Waals surface area contributed by atoms with Crippen molar-refractivity contribution in [2.45, 2.75) is 19.9 Å². The third kappa shape index (κ3) is 2.36. The fourth-order valence-electron chi connectivity index (χ4n) is 1.97. The number of hydrogen-bond donors (Lipinski definition) is 0. The second kappa shape index (κ2) is 5.40. The molecule has 1 heterocycles. The molecule has 96 valence electrons. The molecular formula is C15H14N2O2. The van der Waals surface area contributed by atoms with Crippen LogP contribution in [0.5, 0.6) is 0 Å². The van der Waals surface area contributed by atoms with Crippen LogP contribution in [0, 0.1) is 12.3 Å². The molecule has 0 amide bonds. The highest BCUT2D eigenvalue weighted by Gasteiger charge is 2.08. The number of rotatable bonds is 3. The van der Waals surface area contributed by atoms with Gasteiger partial charge in [-0.3, -0.25) is 18.7 Å². The first-order valence-corrected chi connectivity index (χ1v) is 6.03. The van der Waals surface area contributed by atoms with E-state index in [0.29, 0.717) is 0 Å². The van der Waals surface area contributed by atoms with Crippen LogP contribution < -0.4 is 11.1 Å². The van der Waals surface area contributed by atoms with Gasteiger partial charge in [-0.2, -0.15) is 0 Å². The summed E-state index contributed by atoms with van der Waals surface area (Å²) in [6, 6.07) is 7.51. The SMILES string of the molecule is C#CCn1ccn(-c2ccccc2CC)c(=O)c1=O. The largest absolute Gasteiger partial charge is 0.321 e. The summed E-state index contributed by atoms with van der Waals surface area (Å²) in [5.74, 6) is 2.35. The van der Waals surface area contributed by atoms with E-state index in [1.807, 2.05) is 31.2 Å². The number of para-hydroxylation sites is 1. The molecule has 0 unspecified atom stereocenters. The molecule has 1 aromatic heterocycles. The van der Waals surface area contributed by atoms with Crippen molar-refractivity contribution in [1.82, 2.24) is 9.13 Å². The first-order chi connectivity index (χ1) is 9.19. The van der Waals surface area contributed by atoms with Gasteiger partial charge < -0.3 is 0 Å². The Morgan fingerprint density at radius 2 is 1.89 bits per heavy atom. The highest BCUT2D eigenvalue weighted by Crippen LogP contribution is 2.12. The summed E-state index contributed by atoms with van der Waals surface area (Å²) in [7, 11) is 0. The van der Waals surface area contributed by atoms with Crippen molar-refractivity contribution < 1.29 is 0 Å². The second-order valence-corrected chi connectivity index (χ2v) is 4.09. The third-order valence-corrected chi connectivity index (χ3v) is 2.95. The summed E-state index contributed by atoms with van der Waals surface area (Å²) in [6.07, 6.45) is 9.06. The Morgan fingerprint density at radius 1 is 1.16 bits per heavy atom. The Bertz CT molecular complexity index is 748. The van der Waals surface area contributed by atoms with E-state index in [1.54, 1.807) is 6.20 Å². The number of benzene rings is 1. The van der Waals surface area contributed by atoms with Crippen molar-refractivity contribution in [3.05, 3.63) is 62.9 Å². The van der Waals surface area contributed by atoms with Gasteiger partial charge in [-0.1, -0.05) is 31.0 Å². The lowest BCUT2D eigenvalue weighted by molar-refractivity contribution is 0.742. The quantitative estimate of drug-likeness (QED) is 0.610. The smallest absolute Gasteiger partial charge is 0.298 e. The average molecular weight is 254 g/mol. The van der Waals surface area contributed by atoms with E-state index >= 15 is 0 Å². The van der Waals surface area contributed by atoms with Gasteiger partial charge in [-0.25, -0.2) is 0 Å². The normalized spacial score (nSPS) is 10.1. The molecule has 0 N–H and O–H groups in total. The molecule has 0 aliphatic carbocycles. The maximum absolute atomic E-state index is 12.1. The lowest BCUT2D eigenvalue weighted by atomic mass is 10.1. The molecular weight excluding hydrogens is 240 g/mol. The van der Waals surface area contributed by atoms with Gasteiger partial charge in [0.25, 0.3) is 0 Å². The third-order valence-electron chi connectivity index (χ3n) is 2.95. The van der Waals surface area contributed by atoms with Crippen LogP contribution in [-0.4, -0.2) is 9.13 Å². The van der Waals surface area contributed by atoms with E-state index in [-0.39, 0.29) is 6.54 Å². The Kier molecular flexibility index (Phi) is 3.67. The van der Waals surface area contributed by atoms with Crippen molar-refractivity contribution in [3.8, 4) is 18.0 Å². The van der Waals surface area contributed by atoms with Crippen LogP contribution in [0.3, 0.4) is 0 Å². The van der Waals surface area contributed by atoms with E-state index in [9.17, 15) is 9.59 Å².